The zero-order chi connectivity index (χ0) is 14.6. The molecule has 2 aromatic rings. The van der Waals surface area contributed by atoms with E-state index in [0.717, 1.165) is 0 Å². The van der Waals surface area contributed by atoms with Crippen molar-refractivity contribution >= 4 is 16.0 Å². The summed E-state index contributed by atoms with van der Waals surface area (Å²) < 4.78 is 26.7. The standard InChI is InChI=1S/C10H15N7O2S/c1-7(2)12-5-8-6-14-15-9(8)20(18,19)17-10-11-3-4-13-16-10/h3-4,6-7,12H,5H2,1-2H3,(H,14,15)(H,11,16,17). The molecular formula is C10H15N7O2S. The Morgan fingerprint density at radius 2 is 2.15 bits per heavy atom. The number of H-pyrrole nitrogens is 1. The topological polar surface area (TPSA) is 126 Å². The summed E-state index contributed by atoms with van der Waals surface area (Å²) in [5.41, 5.74) is 0.537. The highest BCUT2D eigenvalue weighted by Crippen LogP contribution is 2.14. The summed E-state index contributed by atoms with van der Waals surface area (Å²) in [4.78, 5) is 3.76. The van der Waals surface area contributed by atoms with Crippen LogP contribution in [0.2, 0.25) is 0 Å². The number of rotatable bonds is 6. The van der Waals surface area contributed by atoms with Crippen molar-refractivity contribution in [2.75, 3.05) is 4.72 Å². The van der Waals surface area contributed by atoms with Crippen LogP contribution in [0.4, 0.5) is 5.95 Å². The molecule has 0 saturated heterocycles. The quantitative estimate of drug-likeness (QED) is 0.679. The molecule has 0 bridgehead atoms. The molecule has 20 heavy (non-hydrogen) atoms. The van der Waals surface area contributed by atoms with Gasteiger partial charge in [0.1, 0.15) is 0 Å². The molecule has 108 valence electrons. The lowest BCUT2D eigenvalue weighted by molar-refractivity contribution is 0.574. The lowest BCUT2D eigenvalue weighted by Gasteiger charge is -2.09. The third-order valence-electron chi connectivity index (χ3n) is 2.36. The zero-order valence-electron chi connectivity index (χ0n) is 11.0. The minimum Gasteiger partial charge on any atom is -0.310 e. The molecule has 2 aromatic heterocycles. The Bertz CT molecular complexity index is 653. The van der Waals surface area contributed by atoms with Crippen LogP contribution in [-0.4, -0.2) is 39.8 Å². The number of anilines is 1. The Morgan fingerprint density at radius 1 is 1.35 bits per heavy atom. The van der Waals surface area contributed by atoms with E-state index >= 15 is 0 Å². The van der Waals surface area contributed by atoms with E-state index in [2.05, 4.69) is 35.4 Å². The van der Waals surface area contributed by atoms with Gasteiger partial charge in [0, 0.05) is 18.2 Å². The monoisotopic (exact) mass is 297 g/mol. The number of hydrogen-bond acceptors (Lipinski definition) is 7. The van der Waals surface area contributed by atoms with E-state index in [-0.39, 0.29) is 17.0 Å². The van der Waals surface area contributed by atoms with Gasteiger partial charge >= 0.3 is 0 Å². The zero-order valence-corrected chi connectivity index (χ0v) is 11.8. The van der Waals surface area contributed by atoms with Crippen LogP contribution in [0.1, 0.15) is 19.4 Å². The lowest BCUT2D eigenvalue weighted by Crippen LogP contribution is -2.24. The fourth-order valence-corrected chi connectivity index (χ4v) is 2.52. The maximum Gasteiger partial charge on any atom is 0.281 e. The van der Waals surface area contributed by atoms with Gasteiger partial charge in [-0.05, 0) is 0 Å². The Hall–Kier alpha value is -2.07. The van der Waals surface area contributed by atoms with E-state index in [4.69, 9.17) is 0 Å². The molecule has 0 aliphatic carbocycles. The summed E-state index contributed by atoms with van der Waals surface area (Å²) in [5, 5.41) is 16.5. The van der Waals surface area contributed by atoms with E-state index in [9.17, 15) is 8.42 Å². The number of nitrogens with one attached hydrogen (secondary N) is 3. The largest absolute Gasteiger partial charge is 0.310 e. The van der Waals surface area contributed by atoms with Crippen molar-refractivity contribution in [1.29, 1.82) is 0 Å². The predicted molar refractivity (Wildman–Crippen MR) is 71.2 cm³/mol. The normalized spacial score (nSPS) is 11.8. The molecule has 2 rings (SSSR count). The average molecular weight is 297 g/mol. The molecule has 2 heterocycles. The summed E-state index contributed by atoms with van der Waals surface area (Å²) in [7, 11) is -3.82. The van der Waals surface area contributed by atoms with Crippen LogP contribution in [0, 0.1) is 0 Å². The number of hydrogen-bond donors (Lipinski definition) is 3. The number of aromatic nitrogens is 5. The highest BCUT2D eigenvalue weighted by atomic mass is 32.2. The molecule has 3 N–H and O–H groups in total. The van der Waals surface area contributed by atoms with Crippen molar-refractivity contribution in [2.45, 2.75) is 31.5 Å². The van der Waals surface area contributed by atoms with Crippen LogP contribution in [0.25, 0.3) is 0 Å². The maximum absolute atomic E-state index is 12.2. The molecule has 0 unspecified atom stereocenters. The van der Waals surface area contributed by atoms with Crippen LogP contribution < -0.4 is 10.0 Å². The minimum absolute atomic E-state index is 0.0156. The summed E-state index contributed by atoms with van der Waals surface area (Å²) in [5.74, 6) is -0.0927. The third kappa shape index (κ3) is 3.48. The van der Waals surface area contributed by atoms with E-state index in [1.54, 1.807) is 0 Å². The van der Waals surface area contributed by atoms with Crippen molar-refractivity contribution in [3.8, 4) is 0 Å². The van der Waals surface area contributed by atoms with Crippen molar-refractivity contribution < 1.29 is 8.42 Å². The summed E-state index contributed by atoms with van der Waals surface area (Å²) in [6, 6.07) is 0.232. The molecule has 10 heteroatoms. The van der Waals surface area contributed by atoms with Gasteiger partial charge in [0.25, 0.3) is 16.0 Å². The van der Waals surface area contributed by atoms with Crippen LogP contribution in [0.5, 0.6) is 0 Å². The van der Waals surface area contributed by atoms with Crippen molar-refractivity contribution in [3.05, 3.63) is 24.2 Å². The van der Waals surface area contributed by atoms with Gasteiger partial charge in [-0.3, -0.25) is 5.10 Å². The summed E-state index contributed by atoms with van der Waals surface area (Å²) >= 11 is 0. The molecule has 0 saturated carbocycles. The molecule has 0 amide bonds. The maximum atomic E-state index is 12.2. The molecule has 0 aromatic carbocycles. The highest BCUT2D eigenvalue weighted by Gasteiger charge is 2.22. The molecule has 0 fully saturated rings. The molecule has 0 atom stereocenters. The first-order valence-corrected chi connectivity index (χ1v) is 7.39. The Labute approximate surface area is 116 Å². The lowest BCUT2D eigenvalue weighted by atomic mass is 10.3. The van der Waals surface area contributed by atoms with Crippen molar-refractivity contribution in [1.82, 2.24) is 30.7 Å². The van der Waals surface area contributed by atoms with Gasteiger partial charge in [0.2, 0.25) is 0 Å². The fourth-order valence-electron chi connectivity index (χ4n) is 1.44. The van der Waals surface area contributed by atoms with Gasteiger partial charge in [-0.2, -0.15) is 18.6 Å². The second kappa shape index (κ2) is 5.92. The second-order valence-corrected chi connectivity index (χ2v) is 5.95. The number of aromatic amines is 1. The molecule has 0 radical (unpaired) electrons. The first-order chi connectivity index (χ1) is 9.49. The minimum atomic E-state index is -3.82. The van der Waals surface area contributed by atoms with Gasteiger partial charge in [-0.15, -0.1) is 5.10 Å². The first kappa shape index (κ1) is 14.3. The summed E-state index contributed by atoms with van der Waals surface area (Å²) in [6.07, 6.45) is 4.17. The smallest absolute Gasteiger partial charge is 0.281 e. The van der Waals surface area contributed by atoms with Gasteiger partial charge < -0.3 is 5.32 Å². The number of nitrogens with zero attached hydrogens (tertiary/aromatic N) is 4. The van der Waals surface area contributed by atoms with Crippen LogP contribution in [-0.2, 0) is 16.6 Å². The SMILES string of the molecule is CC(C)NCc1cn[nH]c1S(=O)(=O)Nc1nccnn1. The van der Waals surface area contributed by atoms with Crippen LogP contribution in [0.15, 0.2) is 23.6 Å². The Morgan fingerprint density at radius 3 is 2.80 bits per heavy atom. The Kier molecular flexibility index (Phi) is 4.25. The molecular weight excluding hydrogens is 282 g/mol. The van der Waals surface area contributed by atoms with Crippen LogP contribution >= 0.6 is 0 Å². The van der Waals surface area contributed by atoms with Crippen molar-refractivity contribution in [2.24, 2.45) is 0 Å². The molecule has 0 spiro atoms. The van der Waals surface area contributed by atoms with E-state index < -0.39 is 10.0 Å². The Balaban J connectivity index is 2.20. The molecule has 0 aliphatic rings. The van der Waals surface area contributed by atoms with Gasteiger partial charge in [-0.25, -0.2) is 9.71 Å². The highest BCUT2D eigenvalue weighted by molar-refractivity contribution is 7.92. The van der Waals surface area contributed by atoms with Crippen LogP contribution in [0.3, 0.4) is 0 Å². The van der Waals surface area contributed by atoms with Gasteiger partial charge in [0.15, 0.2) is 5.03 Å². The first-order valence-electron chi connectivity index (χ1n) is 5.91. The average Bonchev–Trinajstić information content (AvgIpc) is 2.86. The second-order valence-electron chi connectivity index (χ2n) is 4.33. The fraction of sp³-hybridized carbons (Fsp3) is 0.400. The van der Waals surface area contributed by atoms with E-state index in [1.807, 2.05) is 13.8 Å². The van der Waals surface area contributed by atoms with Gasteiger partial charge in [0.05, 0.1) is 18.6 Å². The van der Waals surface area contributed by atoms with E-state index in [0.29, 0.717) is 12.1 Å². The molecule has 9 nitrogen and oxygen atoms in total. The van der Waals surface area contributed by atoms with Gasteiger partial charge in [-0.1, -0.05) is 13.8 Å². The summed E-state index contributed by atoms with van der Waals surface area (Å²) in [6.45, 7) is 4.32. The predicted octanol–water partition coefficient (Wildman–Crippen LogP) is -0.107. The van der Waals surface area contributed by atoms with E-state index in [1.165, 1.54) is 18.6 Å². The van der Waals surface area contributed by atoms with Crippen molar-refractivity contribution in [3.63, 3.8) is 0 Å². The molecule has 0 aliphatic heterocycles. The number of sulfonamides is 1. The third-order valence-corrected chi connectivity index (χ3v) is 3.70.